The lowest BCUT2D eigenvalue weighted by molar-refractivity contribution is 0.232. The van der Waals surface area contributed by atoms with Crippen molar-refractivity contribution in [3.63, 3.8) is 0 Å². The number of thiocarbonyl (C=S) groups is 1. The van der Waals surface area contributed by atoms with Crippen molar-refractivity contribution in [2.75, 3.05) is 13.1 Å². The van der Waals surface area contributed by atoms with E-state index in [0.717, 1.165) is 18.2 Å². The van der Waals surface area contributed by atoms with Crippen LogP contribution >= 0.6 is 12.2 Å². The van der Waals surface area contributed by atoms with Gasteiger partial charge in [-0.05, 0) is 43.8 Å². The van der Waals surface area contributed by atoms with Crippen LogP contribution in [0.2, 0.25) is 0 Å². The zero-order chi connectivity index (χ0) is 11.3. The lowest BCUT2D eigenvalue weighted by atomic mass is 10.0. The highest BCUT2D eigenvalue weighted by atomic mass is 32.1. The molecule has 1 atom stereocenters. The van der Waals surface area contributed by atoms with E-state index in [0.29, 0.717) is 12.0 Å². The second-order valence-corrected chi connectivity index (χ2v) is 5.22. The van der Waals surface area contributed by atoms with Crippen LogP contribution in [0.1, 0.15) is 46.5 Å². The van der Waals surface area contributed by atoms with Crippen LogP contribution in [0, 0.1) is 5.92 Å². The van der Waals surface area contributed by atoms with Crippen LogP contribution < -0.4 is 5.32 Å². The number of nitrogens with zero attached hydrogens (tertiary/aromatic N) is 1. The van der Waals surface area contributed by atoms with E-state index in [9.17, 15) is 0 Å². The van der Waals surface area contributed by atoms with Crippen LogP contribution in [-0.4, -0.2) is 29.1 Å². The molecule has 0 spiro atoms. The summed E-state index contributed by atoms with van der Waals surface area (Å²) in [5, 5.41) is 4.34. The number of nitrogens with one attached hydrogen (secondary N) is 1. The van der Waals surface area contributed by atoms with Crippen molar-refractivity contribution in [3.05, 3.63) is 0 Å². The molecule has 0 bridgehead atoms. The average molecular weight is 228 g/mol. The van der Waals surface area contributed by atoms with Crippen molar-refractivity contribution in [2.45, 2.75) is 52.5 Å². The molecule has 2 nitrogen and oxygen atoms in total. The molecule has 0 unspecified atom stereocenters. The maximum atomic E-state index is 5.45. The second kappa shape index (κ2) is 6.31. The SMILES string of the molecule is CC[C@H]1CCCCN1C(=S)NCC(C)C. The Bertz CT molecular complexity index is 204. The maximum absolute atomic E-state index is 5.45. The van der Waals surface area contributed by atoms with Gasteiger partial charge in [0.15, 0.2) is 5.11 Å². The van der Waals surface area contributed by atoms with Gasteiger partial charge in [0, 0.05) is 19.1 Å². The molecule has 0 aliphatic carbocycles. The third kappa shape index (κ3) is 3.98. The predicted molar refractivity (Wildman–Crippen MR) is 70.1 cm³/mol. The van der Waals surface area contributed by atoms with Gasteiger partial charge in [-0.25, -0.2) is 0 Å². The molecule has 1 aliphatic rings. The van der Waals surface area contributed by atoms with Crippen molar-refractivity contribution in [1.82, 2.24) is 10.2 Å². The third-order valence-electron chi connectivity index (χ3n) is 3.02. The number of likely N-dealkylation sites (tertiary alicyclic amines) is 1. The Morgan fingerprint density at radius 1 is 1.47 bits per heavy atom. The van der Waals surface area contributed by atoms with Gasteiger partial charge in [-0.1, -0.05) is 20.8 Å². The first-order chi connectivity index (χ1) is 7.15. The summed E-state index contributed by atoms with van der Waals surface area (Å²) in [5.74, 6) is 0.660. The Morgan fingerprint density at radius 2 is 2.20 bits per heavy atom. The van der Waals surface area contributed by atoms with Crippen LogP contribution in [0.3, 0.4) is 0 Å². The van der Waals surface area contributed by atoms with Gasteiger partial charge in [-0.3, -0.25) is 0 Å². The molecular formula is C12H24N2S. The van der Waals surface area contributed by atoms with Gasteiger partial charge in [-0.15, -0.1) is 0 Å². The normalized spacial score (nSPS) is 21.9. The summed E-state index contributed by atoms with van der Waals surface area (Å²) < 4.78 is 0. The van der Waals surface area contributed by atoms with Crippen molar-refractivity contribution >= 4 is 17.3 Å². The van der Waals surface area contributed by atoms with E-state index in [1.165, 1.54) is 25.7 Å². The first-order valence-electron chi connectivity index (χ1n) is 6.19. The van der Waals surface area contributed by atoms with Crippen molar-refractivity contribution in [2.24, 2.45) is 5.92 Å². The Balaban J connectivity index is 2.41. The number of hydrogen-bond donors (Lipinski definition) is 1. The molecule has 0 saturated carbocycles. The van der Waals surface area contributed by atoms with Crippen molar-refractivity contribution < 1.29 is 0 Å². The first-order valence-corrected chi connectivity index (χ1v) is 6.60. The molecule has 15 heavy (non-hydrogen) atoms. The Kier molecular flexibility index (Phi) is 5.37. The zero-order valence-electron chi connectivity index (χ0n) is 10.3. The van der Waals surface area contributed by atoms with Gasteiger partial charge in [0.2, 0.25) is 0 Å². The summed E-state index contributed by atoms with van der Waals surface area (Å²) in [6.45, 7) is 8.81. The highest BCUT2D eigenvalue weighted by molar-refractivity contribution is 7.80. The van der Waals surface area contributed by atoms with Crippen LogP contribution in [0.5, 0.6) is 0 Å². The van der Waals surface area contributed by atoms with Gasteiger partial charge in [0.1, 0.15) is 0 Å². The fourth-order valence-corrected chi connectivity index (χ4v) is 2.41. The molecular weight excluding hydrogens is 204 g/mol. The minimum absolute atomic E-state index is 0.660. The molecule has 0 amide bonds. The summed E-state index contributed by atoms with van der Waals surface area (Å²) in [5.41, 5.74) is 0. The molecule has 3 heteroatoms. The summed E-state index contributed by atoms with van der Waals surface area (Å²) >= 11 is 5.45. The Labute approximate surface area is 99.4 Å². The Hall–Kier alpha value is -0.310. The van der Waals surface area contributed by atoms with Crippen LogP contribution in [0.25, 0.3) is 0 Å². The smallest absolute Gasteiger partial charge is 0.169 e. The monoisotopic (exact) mass is 228 g/mol. The summed E-state index contributed by atoms with van der Waals surface area (Å²) in [6.07, 6.45) is 5.17. The lowest BCUT2D eigenvalue weighted by Gasteiger charge is -2.37. The molecule has 1 saturated heterocycles. The number of hydrogen-bond acceptors (Lipinski definition) is 1. The Morgan fingerprint density at radius 3 is 2.80 bits per heavy atom. The van der Waals surface area contributed by atoms with Crippen LogP contribution in [-0.2, 0) is 0 Å². The highest BCUT2D eigenvalue weighted by Gasteiger charge is 2.22. The van der Waals surface area contributed by atoms with Gasteiger partial charge >= 0.3 is 0 Å². The van der Waals surface area contributed by atoms with E-state index in [1.807, 2.05) is 0 Å². The molecule has 88 valence electrons. The molecule has 0 aromatic carbocycles. The topological polar surface area (TPSA) is 15.3 Å². The lowest BCUT2D eigenvalue weighted by Crippen LogP contribution is -2.48. The fourth-order valence-electron chi connectivity index (χ4n) is 2.09. The highest BCUT2D eigenvalue weighted by Crippen LogP contribution is 2.19. The van der Waals surface area contributed by atoms with E-state index >= 15 is 0 Å². The minimum atomic E-state index is 0.660. The summed E-state index contributed by atoms with van der Waals surface area (Å²) in [7, 11) is 0. The molecule has 1 rings (SSSR count). The van der Waals surface area contributed by atoms with Gasteiger partial charge in [0.25, 0.3) is 0 Å². The van der Waals surface area contributed by atoms with E-state index in [4.69, 9.17) is 12.2 Å². The van der Waals surface area contributed by atoms with E-state index in [-0.39, 0.29) is 0 Å². The number of rotatable bonds is 3. The molecule has 0 radical (unpaired) electrons. The average Bonchev–Trinajstić information content (AvgIpc) is 2.25. The molecule has 1 fully saturated rings. The molecule has 1 heterocycles. The molecule has 0 aromatic heterocycles. The van der Waals surface area contributed by atoms with Gasteiger partial charge < -0.3 is 10.2 Å². The minimum Gasteiger partial charge on any atom is -0.362 e. The van der Waals surface area contributed by atoms with E-state index in [2.05, 4.69) is 31.0 Å². The van der Waals surface area contributed by atoms with E-state index in [1.54, 1.807) is 0 Å². The molecule has 0 aromatic rings. The largest absolute Gasteiger partial charge is 0.362 e. The zero-order valence-corrected chi connectivity index (χ0v) is 11.1. The van der Waals surface area contributed by atoms with Crippen molar-refractivity contribution in [3.8, 4) is 0 Å². The van der Waals surface area contributed by atoms with E-state index < -0.39 is 0 Å². The number of piperidine rings is 1. The summed E-state index contributed by atoms with van der Waals surface area (Å²) in [6, 6.07) is 0.672. The third-order valence-corrected chi connectivity index (χ3v) is 3.40. The van der Waals surface area contributed by atoms with Crippen LogP contribution in [0.15, 0.2) is 0 Å². The maximum Gasteiger partial charge on any atom is 0.169 e. The van der Waals surface area contributed by atoms with Gasteiger partial charge in [-0.2, -0.15) is 0 Å². The fraction of sp³-hybridized carbons (Fsp3) is 0.917. The standard InChI is InChI=1S/C12H24N2S/c1-4-11-7-5-6-8-14(11)12(15)13-9-10(2)3/h10-11H,4-9H2,1-3H3,(H,13,15)/t11-/m0/s1. The molecule has 1 N–H and O–H groups in total. The molecule has 1 aliphatic heterocycles. The van der Waals surface area contributed by atoms with Gasteiger partial charge in [0.05, 0.1) is 0 Å². The van der Waals surface area contributed by atoms with Crippen molar-refractivity contribution in [1.29, 1.82) is 0 Å². The quantitative estimate of drug-likeness (QED) is 0.748. The summed E-state index contributed by atoms with van der Waals surface area (Å²) in [4.78, 5) is 2.39. The van der Waals surface area contributed by atoms with Crippen LogP contribution in [0.4, 0.5) is 0 Å². The first kappa shape index (κ1) is 12.8. The predicted octanol–water partition coefficient (Wildman–Crippen LogP) is 2.78. The second-order valence-electron chi connectivity index (χ2n) is 4.83.